The number of hydrogen-bond donors (Lipinski definition) is 2. The van der Waals surface area contributed by atoms with Crippen LogP contribution in [0.4, 0.5) is 0 Å². The number of hydrogen-bond acceptors (Lipinski definition) is 3. The van der Waals surface area contributed by atoms with Crippen molar-refractivity contribution in [2.75, 3.05) is 13.2 Å². The maximum absolute atomic E-state index is 5.12. The van der Waals surface area contributed by atoms with Crippen LogP contribution in [0.1, 0.15) is 6.42 Å². The minimum atomic E-state index is 0. The lowest BCUT2D eigenvalue weighted by molar-refractivity contribution is 0.140. The molecule has 0 aliphatic carbocycles. The summed E-state index contributed by atoms with van der Waals surface area (Å²) in [7, 11) is 0. The van der Waals surface area contributed by atoms with Gasteiger partial charge in [-0.1, -0.05) is 0 Å². The largest absolute Gasteiger partial charge is 0.330 e. The zero-order chi connectivity index (χ0) is 5.54. The van der Waals surface area contributed by atoms with Gasteiger partial charge in [-0.25, -0.2) is 5.90 Å². The van der Waals surface area contributed by atoms with Gasteiger partial charge in [0.15, 0.2) is 0 Å². The van der Waals surface area contributed by atoms with Crippen molar-refractivity contribution in [3.05, 3.63) is 6.42 Å². The van der Waals surface area contributed by atoms with Crippen LogP contribution >= 0.6 is 24.8 Å². The molecule has 0 aromatic heterocycles. The highest BCUT2D eigenvalue weighted by Crippen LogP contribution is 1.80. The summed E-state index contributed by atoms with van der Waals surface area (Å²) < 4.78 is 0. The fourth-order valence-electron chi connectivity index (χ4n) is 0.269. The zero-order valence-corrected chi connectivity index (χ0v) is 6.71. The van der Waals surface area contributed by atoms with E-state index in [0.29, 0.717) is 13.2 Å². The average Bonchev–Trinajstić information content (AvgIpc) is 1.69. The van der Waals surface area contributed by atoms with Crippen molar-refractivity contribution in [1.82, 2.24) is 0 Å². The summed E-state index contributed by atoms with van der Waals surface area (Å²) in [5.41, 5.74) is 5.12. The summed E-state index contributed by atoms with van der Waals surface area (Å²) in [6, 6.07) is 0. The first-order valence-corrected chi connectivity index (χ1v) is 2.25. The minimum absolute atomic E-state index is 0. The van der Waals surface area contributed by atoms with Gasteiger partial charge < -0.3 is 10.6 Å². The van der Waals surface area contributed by atoms with E-state index < -0.39 is 0 Å². The third-order valence-electron chi connectivity index (χ3n) is 0.606. The number of halogens is 2. The van der Waals surface area contributed by atoms with Crippen molar-refractivity contribution in [2.45, 2.75) is 6.42 Å². The Labute approximate surface area is 67.9 Å². The van der Waals surface area contributed by atoms with Gasteiger partial charge >= 0.3 is 0 Å². The Bertz CT molecular complexity index is 35.7. The monoisotopic (exact) mass is 175 g/mol. The summed E-state index contributed by atoms with van der Waals surface area (Å²) >= 11 is 0. The molecule has 0 aliphatic rings. The maximum Gasteiger partial charge on any atom is 0.0682 e. The van der Waals surface area contributed by atoms with Crippen LogP contribution in [0.3, 0.4) is 0 Å². The van der Waals surface area contributed by atoms with Crippen molar-refractivity contribution in [1.29, 1.82) is 0 Å². The molecule has 5 heteroatoms. The lowest BCUT2D eigenvalue weighted by Gasteiger charge is -1.91. The lowest BCUT2D eigenvalue weighted by atomic mass is 10.3. The van der Waals surface area contributed by atoms with Gasteiger partial charge in [-0.15, -0.1) is 24.8 Å². The lowest BCUT2D eigenvalue weighted by Crippen LogP contribution is -2.05. The second-order valence-corrected chi connectivity index (χ2v) is 1.18. The summed E-state index contributed by atoms with van der Waals surface area (Å²) in [5, 5.41) is 0. The molecule has 0 aliphatic heterocycles. The van der Waals surface area contributed by atoms with E-state index in [0.717, 1.165) is 6.42 Å². The maximum atomic E-state index is 5.12. The summed E-state index contributed by atoms with van der Waals surface area (Å²) in [6.07, 6.45) is 2.75. The van der Waals surface area contributed by atoms with Crippen molar-refractivity contribution in [3.63, 3.8) is 0 Å². The molecule has 0 heterocycles. The van der Waals surface area contributed by atoms with Crippen LogP contribution in [-0.4, -0.2) is 13.2 Å². The highest BCUT2D eigenvalue weighted by molar-refractivity contribution is 5.85. The predicted molar refractivity (Wildman–Crippen MR) is 42.6 cm³/mol. The Hall–Kier alpha value is 0.460. The molecular weight excluding hydrogens is 163 g/mol. The topological polar surface area (TPSA) is 61.3 Å². The molecule has 0 bridgehead atoms. The molecule has 1 radical (unpaired) electrons. The molecule has 9 heavy (non-hydrogen) atoms. The van der Waals surface area contributed by atoms with E-state index in [1.54, 1.807) is 0 Å². The molecule has 3 nitrogen and oxygen atoms in total. The van der Waals surface area contributed by atoms with E-state index in [1.807, 2.05) is 6.42 Å². The Kier molecular flexibility index (Phi) is 28.5. The van der Waals surface area contributed by atoms with Gasteiger partial charge in [-0.2, -0.15) is 0 Å². The van der Waals surface area contributed by atoms with Crippen molar-refractivity contribution < 1.29 is 4.84 Å². The normalized spacial score (nSPS) is 7.33. The van der Waals surface area contributed by atoms with E-state index in [4.69, 9.17) is 11.6 Å². The third-order valence-corrected chi connectivity index (χ3v) is 0.606. The third kappa shape index (κ3) is 17.7. The molecule has 0 atom stereocenters. The van der Waals surface area contributed by atoms with Crippen LogP contribution in [0.5, 0.6) is 0 Å². The van der Waals surface area contributed by atoms with Gasteiger partial charge in [0.1, 0.15) is 0 Å². The summed E-state index contributed by atoms with van der Waals surface area (Å²) in [4.78, 5) is 4.26. The molecule has 0 saturated heterocycles. The number of rotatable bonds is 4. The van der Waals surface area contributed by atoms with Gasteiger partial charge in [-0.3, -0.25) is 0 Å². The van der Waals surface area contributed by atoms with E-state index >= 15 is 0 Å². The molecule has 4 N–H and O–H groups in total. The second-order valence-electron chi connectivity index (χ2n) is 1.18. The van der Waals surface area contributed by atoms with Crippen molar-refractivity contribution in [3.8, 4) is 0 Å². The van der Waals surface area contributed by atoms with Crippen LogP contribution in [0.25, 0.3) is 0 Å². The van der Waals surface area contributed by atoms with Crippen LogP contribution in [-0.2, 0) is 4.84 Å². The molecule has 0 aromatic carbocycles. The van der Waals surface area contributed by atoms with Gasteiger partial charge in [-0.05, 0) is 19.4 Å². The molecule has 0 spiro atoms. The molecule has 0 unspecified atom stereocenters. The van der Waals surface area contributed by atoms with E-state index in [9.17, 15) is 0 Å². The molecule has 0 rings (SSSR count). The van der Waals surface area contributed by atoms with E-state index in [-0.39, 0.29) is 24.8 Å². The Balaban J connectivity index is -0.000000180. The number of nitrogens with two attached hydrogens (primary N) is 2. The molecule has 0 amide bonds. The van der Waals surface area contributed by atoms with Crippen LogP contribution in [0.15, 0.2) is 0 Å². The standard InChI is InChI=1S/C4H11N2O.2ClH/c5-3-1-2-4-7-6;;/h1H,2-6H2;2*1H. The SMILES string of the molecule is Cl.Cl.NC[CH]CCON. The second kappa shape index (κ2) is 15.8. The highest BCUT2D eigenvalue weighted by Gasteiger charge is 1.81. The quantitative estimate of drug-likeness (QED) is 0.477. The van der Waals surface area contributed by atoms with Gasteiger partial charge in [0.2, 0.25) is 0 Å². The molecule has 0 saturated carbocycles. The fraction of sp³-hybridized carbons (Fsp3) is 0.750. The smallest absolute Gasteiger partial charge is 0.0682 e. The van der Waals surface area contributed by atoms with E-state index in [2.05, 4.69) is 4.84 Å². The molecular formula is C4H13Cl2N2O. The summed E-state index contributed by atoms with van der Waals surface area (Å²) in [6.45, 7) is 1.17. The number of unbranched alkanes of at least 4 members (excludes halogenated alkanes) is 1. The first-order valence-electron chi connectivity index (χ1n) is 2.25. The van der Waals surface area contributed by atoms with Crippen LogP contribution in [0.2, 0.25) is 0 Å². The van der Waals surface area contributed by atoms with Crippen LogP contribution in [0, 0.1) is 6.42 Å². The van der Waals surface area contributed by atoms with Gasteiger partial charge in [0.25, 0.3) is 0 Å². The highest BCUT2D eigenvalue weighted by atomic mass is 35.5. The molecule has 0 fully saturated rings. The predicted octanol–water partition coefficient (Wildman–Crippen LogP) is 0.273. The Morgan fingerprint density at radius 2 is 1.89 bits per heavy atom. The first kappa shape index (κ1) is 16.2. The Morgan fingerprint density at radius 3 is 2.22 bits per heavy atom. The Morgan fingerprint density at radius 1 is 1.33 bits per heavy atom. The van der Waals surface area contributed by atoms with Gasteiger partial charge in [0.05, 0.1) is 6.61 Å². The van der Waals surface area contributed by atoms with Crippen molar-refractivity contribution >= 4 is 24.8 Å². The van der Waals surface area contributed by atoms with E-state index in [1.165, 1.54) is 0 Å². The first-order chi connectivity index (χ1) is 3.41. The zero-order valence-electron chi connectivity index (χ0n) is 5.08. The minimum Gasteiger partial charge on any atom is -0.330 e. The average molecular weight is 176 g/mol. The fourth-order valence-corrected chi connectivity index (χ4v) is 0.269. The summed E-state index contributed by atoms with van der Waals surface area (Å²) in [5.74, 6) is 4.71. The van der Waals surface area contributed by atoms with Gasteiger partial charge in [0, 0.05) is 0 Å². The molecule has 59 valence electrons. The molecule has 0 aromatic rings. The van der Waals surface area contributed by atoms with Crippen LogP contribution < -0.4 is 11.6 Å². The van der Waals surface area contributed by atoms with Crippen molar-refractivity contribution in [2.24, 2.45) is 11.6 Å².